The average molecular weight is 673 g/mol. The third kappa shape index (κ3) is 5.45. The molecule has 0 aromatic heterocycles. The van der Waals surface area contributed by atoms with E-state index < -0.39 is 15.0 Å². The molecule has 0 fully saturated rings. The summed E-state index contributed by atoms with van der Waals surface area (Å²) in [5.74, 6) is 1.93. The molecule has 2 aliphatic heterocycles. The van der Waals surface area contributed by atoms with Crippen molar-refractivity contribution in [2.75, 3.05) is 16.5 Å². The van der Waals surface area contributed by atoms with Gasteiger partial charge in [0.15, 0.2) is 11.5 Å². The van der Waals surface area contributed by atoms with E-state index in [1.807, 2.05) is 170 Å². The maximum Gasteiger partial charge on any atom is 0.379 e. The molecule has 0 aliphatic carbocycles. The van der Waals surface area contributed by atoms with Gasteiger partial charge in [0.2, 0.25) is 0 Å². The molecule has 48 heavy (non-hydrogen) atoms. The van der Waals surface area contributed by atoms with Crippen LogP contribution in [0.2, 0.25) is 0 Å². The Hall–Kier alpha value is -5.22. The Morgan fingerprint density at radius 1 is 0.521 bits per heavy atom. The van der Waals surface area contributed by atoms with Crippen molar-refractivity contribution >= 4 is 48.4 Å². The molecule has 2 heterocycles. The average Bonchev–Trinajstić information content (AvgIpc) is 3.61. The van der Waals surface area contributed by atoms with Crippen molar-refractivity contribution in [3.05, 3.63) is 163 Å². The van der Waals surface area contributed by atoms with Gasteiger partial charge in [0.25, 0.3) is 0 Å². The van der Waals surface area contributed by atoms with Crippen LogP contribution in [-0.2, 0) is 9.13 Å². The standard InChI is InChI=1S/C20H18NO3P.C19H16NO2P/c1-15-9-8-14-19(23-2)20(15)21-17-12-6-7-13-18(17)24-25(21,22)16-10-4-3-5-11-16;1-15-11-13-16(14-12-15)20-18-9-5-6-10-19(18)22-23(20,21)17-7-3-2-4-8-17/h3-14H,1-2H3;2-14H,1H3. The van der Waals surface area contributed by atoms with Crippen molar-refractivity contribution in [1.29, 1.82) is 0 Å². The van der Waals surface area contributed by atoms with E-state index in [2.05, 4.69) is 0 Å². The minimum Gasteiger partial charge on any atom is -0.495 e. The summed E-state index contributed by atoms with van der Waals surface area (Å²) in [5, 5.41) is 1.34. The summed E-state index contributed by atoms with van der Waals surface area (Å²) in [6.07, 6.45) is 0. The van der Waals surface area contributed by atoms with Gasteiger partial charge < -0.3 is 13.8 Å². The molecule has 0 spiro atoms. The van der Waals surface area contributed by atoms with Crippen LogP contribution < -0.4 is 33.7 Å². The molecule has 2 unspecified atom stereocenters. The van der Waals surface area contributed by atoms with E-state index in [9.17, 15) is 9.13 Å². The van der Waals surface area contributed by atoms with Crippen LogP contribution in [0.1, 0.15) is 11.1 Å². The first-order valence-corrected chi connectivity index (χ1v) is 18.7. The summed E-state index contributed by atoms with van der Waals surface area (Å²) in [5.41, 5.74) is 5.38. The van der Waals surface area contributed by atoms with Gasteiger partial charge in [0.05, 0.1) is 40.5 Å². The van der Waals surface area contributed by atoms with E-state index in [0.29, 0.717) is 27.9 Å². The summed E-state index contributed by atoms with van der Waals surface area (Å²) in [6, 6.07) is 47.7. The first kappa shape index (κ1) is 31.4. The topological polar surface area (TPSA) is 68.3 Å². The van der Waals surface area contributed by atoms with Crippen LogP contribution in [0.25, 0.3) is 0 Å². The number of ether oxygens (including phenoxy) is 1. The van der Waals surface area contributed by atoms with Gasteiger partial charge in [-0.15, -0.1) is 0 Å². The predicted octanol–water partition coefficient (Wildman–Crippen LogP) is 10.1. The van der Waals surface area contributed by atoms with Crippen LogP contribution in [-0.4, -0.2) is 7.11 Å². The molecule has 0 amide bonds. The van der Waals surface area contributed by atoms with Crippen LogP contribution in [0.15, 0.2) is 152 Å². The van der Waals surface area contributed by atoms with Gasteiger partial charge in [-0.05, 0) is 86.1 Å². The number of hydrogen-bond donors (Lipinski definition) is 0. The maximum absolute atomic E-state index is 14.1. The second-order valence-electron chi connectivity index (χ2n) is 11.4. The molecule has 0 N–H and O–H groups in total. The number of hydrogen-bond acceptors (Lipinski definition) is 5. The summed E-state index contributed by atoms with van der Waals surface area (Å²) in [4.78, 5) is 0. The number of nitrogens with zero attached hydrogens (tertiary/aromatic N) is 2. The molecule has 0 bridgehead atoms. The van der Waals surface area contributed by atoms with E-state index in [4.69, 9.17) is 13.8 Å². The lowest BCUT2D eigenvalue weighted by molar-refractivity contribution is 0.415. The minimum absolute atomic E-state index is 0.611. The largest absolute Gasteiger partial charge is 0.495 e. The number of aryl methyl sites for hydroxylation is 2. The van der Waals surface area contributed by atoms with Gasteiger partial charge in [-0.2, -0.15) is 0 Å². The zero-order chi connectivity index (χ0) is 33.3. The number of methoxy groups -OCH3 is 1. The fraction of sp³-hybridized carbons (Fsp3) is 0.0769. The SMILES string of the molecule is COc1cccc(C)c1N1c2ccccc2OP1(=O)c1ccccc1.Cc1ccc(N2c3ccccc3OP2(=O)c2ccccc2)cc1. The Balaban J connectivity index is 0.000000152. The molecule has 240 valence electrons. The van der Waals surface area contributed by atoms with Crippen LogP contribution >= 0.6 is 15.0 Å². The fourth-order valence-corrected chi connectivity index (χ4v) is 10.5. The van der Waals surface area contributed by atoms with Crippen LogP contribution in [0.5, 0.6) is 17.2 Å². The van der Waals surface area contributed by atoms with Crippen LogP contribution in [0, 0.1) is 13.8 Å². The smallest absolute Gasteiger partial charge is 0.379 e. The molecular weight excluding hydrogens is 638 g/mol. The number of para-hydroxylation sites is 5. The van der Waals surface area contributed by atoms with Gasteiger partial charge in [-0.1, -0.05) is 90.5 Å². The monoisotopic (exact) mass is 672 g/mol. The highest BCUT2D eigenvalue weighted by molar-refractivity contribution is 7.70. The third-order valence-corrected chi connectivity index (χ3v) is 12.9. The molecule has 0 saturated carbocycles. The van der Waals surface area contributed by atoms with Crippen molar-refractivity contribution in [3.8, 4) is 17.2 Å². The van der Waals surface area contributed by atoms with Crippen molar-refractivity contribution in [2.24, 2.45) is 0 Å². The minimum atomic E-state index is -3.35. The molecule has 2 atom stereocenters. The number of benzene rings is 6. The molecule has 0 radical (unpaired) electrons. The van der Waals surface area contributed by atoms with E-state index >= 15 is 0 Å². The summed E-state index contributed by atoms with van der Waals surface area (Å²) < 4.78 is 49.0. The van der Waals surface area contributed by atoms with Crippen molar-refractivity contribution in [2.45, 2.75) is 13.8 Å². The van der Waals surface area contributed by atoms with E-state index in [-0.39, 0.29) is 0 Å². The highest BCUT2D eigenvalue weighted by Crippen LogP contribution is 2.66. The predicted molar refractivity (Wildman–Crippen MR) is 195 cm³/mol. The first-order valence-electron chi connectivity index (χ1n) is 15.5. The number of fused-ring (bicyclic) bond motifs is 2. The molecule has 6 aromatic rings. The molecule has 2 aliphatic rings. The summed E-state index contributed by atoms with van der Waals surface area (Å²) in [7, 11) is -4.95. The van der Waals surface area contributed by atoms with Gasteiger partial charge in [0, 0.05) is 0 Å². The molecule has 9 heteroatoms. The molecule has 7 nitrogen and oxygen atoms in total. The summed E-state index contributed by atoms with van der Waals surface area (Å²) in [6.45, 7) is 4.02. The Bertz CT molecular complexity index is 2180. The van der Waals surface area contributed by atoms with Crippen molar-refractivity contribution in [3.63, 3.8) is 0 Å². The van der Waals surface area contributed by atoms with Gasteiger partial charge in [0.1, 0.15) is 5.75 Å². The lowest BCUT2D eigenvalue weighted by Gasteiger charge is -2.27. The Labute approximate surface area is 281 Å². The molecular formula is C39H34N2O5P2. The number of rotatable bonds is 5. The van der Waals surface area contributed by atoms with Crippen LogP contribution in [0.4, 0.5) is 22.7 Å². The lowest BCUT2D eigenvalue weighted by atomic mass is 10.1. The second-order valence-corrected chi connectivity index (χ2v) is 15.7. The number of anilines is 4. The molecule has 0 saturated heterocycles. The Morgan fingerprint density at radius 2 is 1.00 bits per heavy atom. The summed E-state index contributed by atoms with van der Waals surface area (Å²) >= 11 is 0. The van der Waals surface area contributed by atoms with E-state index in [0.717, 1.165) is 33.9 Å². The maximum atomic E-state index is 14.1. The van der Waals surface area contributed by atoms with E-state index in [1.54, 1.807) is 11.8 Å². The van der Waals surface area contributed by atoms with Crippen LogP contribution in [0.3, 0.4) is 0 Å². The lowest BCUT2D eigenvalue weighted by Crippen LogP contribution is -2.21. The Morgan fingerprint density at radius 3 is 1.54 bits per heavy atom. The quantitative estimate of drug-likeness (QED) is 0.169. The van der Waals surface area contributed by atoms with Crippen molar-refractivity contribution in [1.82, 2.24) is 0 Å². The highest BCUT2D eigenvalue weighted by atomic mass is 31.2. The van der Waals surface area contributed by atoms with E-state index in [1.165, 1.54) is 0 Å². The highest BCUT2D eigenvalue weighted by Gasteiger charge is 2.46. The zero-order valence-corrected chi connectivity index (χ0v) is 28.6. The molecule has 8 rings (SSSR count). The van der Waals surface area contributed by atoms with Crippen molar-refractivity contribution < 1.29 is 22.9 Å². The zero-order valence-electron chi connectivity index (χ0n) is 26.8. The molecule has 6 aromatic carbocycles. The fourth-order valence-electron chi connectivity index (χ4n) is 5.92. The third-order valence-electron chi connectivity index (χ3n) is 8.23. The van der Waals surface area contributed by atoms with Gasteiger partial charge in [-0.3, -0.25) is 9.34 Å². The van der Waals surface area contributed by atoms with Gasteiger partial charge in [-0.25, -0.2) is 9.13 Å². The Kier molecular flexibility index (Phi) is 8.35. The first-order chi connectivity index (χ1) is 23.3. The second kappa shape index (κ2) is 12.8. The normalized spacial score (nSPS) is 18.9. The van der Waals surface area contributed by atoms with Gasteiger partial charge >= 0.3 is 15.0 Å².